The maximum Gasteiger partial charge on any atom is 0.333 e. The lowest BCUT2D eigenvalue weighted by Gasteiger charge is -2.15. The van der Waals surface area contributed by atoms with E-state index in [0.29, 0.717) is 26.1 Å². The minimum Gasteiger partial charge on any atom is -0.497 e. The average Bonchev–Trinajstić information content (AvgIpc) is 3.15. The van der Waals surface area contributed by atoms with Gasteiger partial charge in [-0.2, -0.15) is 0 Å². The molecule has 0 spiro atoms. The molecule has 0 aliphatic rings. The van der Waals surface area contributed by atoms with Gasteiger partial charge in [0.05, 0.1) is 19.4 Å². The van der Waals surface area contributed by atoms with Crippen molar-refractivity contribution >= 4 is 17.3 Å². The van der Waals surface area contributed by atoms with Gasteiger partial charge in [0.1, 0.15) is 16.5 Å². The van der Waals surface area contributed by atoms with E-state index >= 15 is 0 Å². The number of nitrogens with zero attached hydrogens (tertiary/aromatic N) is 1. The zero-order valence-electron chi connectivity index (χ0n) is 18.9. The molecule has 1 aromatic heterocycles. The van der Waals surface area contributed by atoms with E-state index in [9.17, 15) is 9.90 Å². The number of thiazole rings is 1. The Hall–Kier alpha value is -2.90. The molecule has 1 N–H and O–H groups in total. The lowest BCUT2D eigenvalue weighted by molar-refractivity contribution is -0.149. The van der Waals surface area contributed by atoms with Crippen LogP contribution < -0.4 is 9.47 Å². The van der Waals surface area contributed by atoms with Gasteiger partial charge in [-0.15, -0.1) is 11.3 Å². The molecule has 0 bridgehead atoms. The first-order valence-corrected chi connectivity index (χ1v) is 11.4. The van der Waals surface area contributed by atoms with Crippen LogP contribution in [0.2, 0.25) is 0 Å². The van der Waals surface area contributed by atoms with E-state index in [0.717, 1.165) is 38.9 Å². The number of methoxy groups -OCH3 is 1. The summed E-state index contributed by atoms with van der Waals surface area (Å²) in [5.41, 5.74) is 4.04. The highest BCUT2D eigenvalue weighted by Gasteiger charge is 2.19. The number of benzene rings is 2. The van der Waals surface area contributed by atoms with Crippen LogP contribution in [0.15, 0.2) is 42.5 Å². The predicted octanol–water partition coefficient (Wildman–Crippen LogP) is 5.09. The smallest absolute Gasteiger partial charge is 0.333 e. The maximum atomic E-state index is 11.3. The molecule has 1 atom stereocenters. The highest BCUT2D eigenvalue weighted by atomic mass is 32.1. The molecule has 6 nitrogen and oxygen atoms in total. The molecule has 0 saturated carbocycles. The van der Waals surface area contributed by atoms with E-state index in [-0.39, 0.29) is 0 Å². The third-order valence-electron chi connectivity index (χ3n) is 5.20. The Morgan fingerprint density at radius 3 is 2.47 bits per heavy atom. The molecule has 3 aromatic rings. The molecule has 0 aliphatic carbocycles. The monoisotopic (exact) mass is 455 g/mol. The number of aryl methyl sites for hydroxylation is 2. The SMILES string of the molecule is CCOC(Cc1ccc(OCCc2nc(-c3ccc(OC)cc3)sc2C)cc1C)C(=O)O. The summed E-state index contributed by atoms with van der Waals surface area (Å²) in [5.74, 6) is 0.644. The maximum absolute atomic E-state index is 11.3. The standard InChI is InChI=1S/C25H29NO5S/c1-5-30-23(25(27)28)15-19-8-11-21(14-16(19)2)31-13-12-22-17(3)32-24(26-22)18-6-9-20(29-4)10-7-18/h6-11,14,23H,5,12-13,15H2,1-4H3,(H,27,28). The third-order valence-corrected chi connectivity index (χ3v) is 6.26. The first-order chi connectivity index (χ1) is 15.4. The highest BCUT2D eigenvalue weighted by molar-refractivity contribution is 7.15. The van der Waals surface area contributed by atoms with Gasteiger partial charge < -0.3 is 19.3 Å². The largest absolute Gasteiger partial charge is 0.497 e. The zero-order valence-corrected chi connectivity index (χ0v) is 19.7. The lowest BCUT2D eigenvalue weighted by atomic mass is 10.0. The van der Waals surface area contributed by atoms with Crippen molar-refractivity contribution in [1.29, 1.82) is 0 Å². The minimum atomic E-state index is -0.945. The zero-order chi connectivity index (χ0) is 23.1. The second-order valence-corrected chi connectivity index (χ2v) is 8.63. The molecular formula is C25H29NO5S. The van der Waals surface area contributed by atoms with Crippen molar-refractivity contribution in [3.8, 4) is 22.1 Å². The van der Waals surface area contributed by atoms with Crippen LogP contribution in [0.5, 0.6) is 11.5 Å². The molecule has 0 radical (unpaired) electrons. The van der Waals surface area contributed by atoms with Gasteiger partial charge in [-0.25, -0.2) is 9.78 Å². The Labute approximate surface area is 192 Å². The van der Waals surface area contributed by atoms with Gasteiger partial charge >= 0.3 is 5.97 Å². The Kier molecular flexibility index (Phi) is 8.25. The quantitative estimate of drug-likeness (QED) is 0.434. The molecule has 0 aliphatic heterocycles. The molecule has 32 heavy (non-hydrogen) atoms. The first kappa shape index (κ1) is 23.8. The van der Waals surface area contributed by atoms with Crippen LogP contribution >= 0.6 is 11.3 Å². The van der Waals surface area contributed by atoms with Crippen molar-refractivity contribution in [2.75, 3.05) is 20.3 Å². The van der Waals surface area contributed by atoms with Gasteiger partial charge in [0.25, 0.3) is 0 Å². The summed E-state index contributed by atoms with van der Waals surface area (Å²) >= 11 is 1.68. The van der Waals surface area contributed by atoms with Crippen LogP contribution in [0.25, 0.3) is 10.6 Å². The van der Waals surface area contributed by atoms with Crippen LogP contribution in [0.1, 0.15) is 28.6 Å². The molecule has 0 fully saturated rings. The number of hydrogen-bond acceptors (Lipinski definition) is 6. The number of carbonyl (C=O) groups is 1. The number of rotatable bonds is 11. The second-order valence-electron chi connectivity index (χ2n) is 7.42. The molecule has 0 amide bonds. The predicted molar refractivity (Wildman–Crippen MR) is 126 cm³/mol. The minimum absolute atomic E-state index is 0.335. The summed E-state index contributed by atoms with van der Waals surface area (Å²) in [5, 5.41) is 10.3. The van der Waals surface area contributed by atoms with Gasteiger partial charge in [0.15, 0.2) is 6.10 Å². The average molecular weight is 456 g/mol. The fourth-order valence-electron chi connectivity index (χ4n) is 3.39. The highest BCUT2D eigenvalue weighted by Crippen LogP contribution is 2.29. The van der Waals surface area contributed by atoms with Crippen molar-refractivity contribution in [3.05, 3.63) is 64.2 Å². The van der Waals surface area contributed by atoms with Crippen molar-refractivity contribution in [2.45, 2.75) is 39.7 Å². The molecule has 1 heterocycles. The van der Waals surface area contributed by atoms with Crippen molar-refractivity contribution in [1.82, 2.24) is 4.98 Å². The lowest BCUT2D eigenvalue weighted by Crippen LogP contribution is -2.26. The van der Waals surface area contributed by atoms with Crippen LogP contribution in [0.4, 0.5) is 0 Å². The topological polar surface area (TPSA) is 77.9 Å². The Morgan fingerprint density at radius 1 is 1.12 bits per heavy atom. The normalized spacial score (nSPS) is 11.9. The summed E-state index contributed by atoms with van der Waals surface area (Å²) in [6, 6.07) is 13.6. The van der Waals surface area contributed by atoms with Crippen LogP contribution in [0, 0.1) is 13.8 Å². The second kappa shape index (κ2) is 11.1. The van der Waals surface area contributed by atoms with E-state index in [1.165, 1.54) is 4.88 Å². The van der Waals surface area contributed by atoms with Gasteiger partial charge in [0.2, 0.25) is 0 Å². The first-order valence-electron chi connectivity index (χ1n) is 10.6. The van der Waals surface area contributed by atoms with Gasteiger partial charge in [-0.05, 0) is 68.3 Å². The fourth-order valence-corrected chi connectivity index (χ4v) is 4.35. The van der Waals surface area contributed by atoms with E-state index in [1.54, 1.807) is 25.4 Å². The summed E-state index contributed by atoms with van der Waals surface area (Å²) in [6.45, 7) is 6.72. The Balaban J connectivity index is 1.59. The number of carboxylic acids is 1. The summed E-state index contributed by atoms with van der Waals surface area (Å²) in [7, 11) is 1.66. The van der Waals surface area contributed by atoms with E-state index in [1.807, 2.05) is 49.4 Å². The Bertz CT molecular complexity index is 1040. The molecular weight excluding hydrogens is 426 g/mol. The van der Waals surface area contributed by atoms with Crippen molar-refractivity contribution in [3.63, 3.8) is 0 Å². The third kappa shape index (κ3) is 6.08. The summed E-state index contributed by atoms with van der Waals surface area (Å²) in [4.78, 5) is 17.3. The molecule has 2 aromatic carbocycles. The summed E-state index contributed by atoms with van der Waals surface area (Å²) in [6.07, 6.45) is 0.213. The van der Waals surface area contributed by atoms with Crippen molar-refractivity contribution in [2.24, 2.45) is 0 Å². The van der Waals surface area contributed by atoms with Gasteiger partial charge in [0, 0.05) is 29.9 Å². The van der Waals surface area contributed by atoms with Crippen LogP contribution in [-0.4, -0.2) is 42.5 Å². The Morgan fingerprint density at radius 2 is 1.84 bits per heavy atom. The summed E-state index contributed by atoms with van der Waals surface area (Å²) < 4.78 is 16.5. The van der Waals surface area contributed by atoms with E-state index in [2.05, 4.69) is 6.92 Å². The number of aliphatic carboxylic acids is 1. The fraction of sp³-hybridized carbons (Fsp3) is 0.360. The number of aromatic nitrogens is 1. The van der Waals surface area contributed by atoms with Crippen molar-refractivity contribution < 1.29 is 24.1 Å². The molecule has 0 saturated heterocycles. The molecule has 7 heteroatoms. The van der Waals surface area contributed by atoms with Gasteiger partial charge in [-0.1, -0.05) is 6.07 Å². The number of carboxylic acid groups (broad SMARTS) is 1. The molecule has 1 unspecified atom stereocenters. The molecule has 3 rings (SSSR count). The number of ether oxygens (including phenoxy) is 3. The van der Waals surface area contributed by atoms with E-state index in [4.69, 9.17) is 19.2 Å². The number of hydrogen-bond donors (Lipinski definition) is 1. The molecule has 170 valence electrons. The van der Waals surface area contributed by atoms with Crippen LogP contribution in [-0.2, 0) is 22.4 Å². The van der Waals surface area contributed by atoms with E-state index < -0.39 is 12.1 Å². The van der Waals surface area contributed by atoms with Gasteiger partial charge in [-0.3, -0.25) is 0 Å². The van der Waals surface area contributed by atoms with Crippen LogP contribution in [0.3, 0.4) is 0 Å².